The van der Waals surface area contributed by atoms with Gasteiger partial charge in [0.05, 0.1) is 9.92 Å². The van der Waals surface area contributed by atoms with Crippen LogP contribution in [0.15, 0.2) is 41.3 Å². The second-order valence-corrected chi connectivity index (χ2v) is 9.47. The molecule has 0 unspecified atom stereocenters. The number of carbonyl (C=O) groups excluding carboxylic acids is 1. The van der Waals surface area contributed by atoms with Crippen molar-refractivity contribution < 1.29 is 17.9 Å². The number of benzene rings is 2. The fraction of sp³-hybridized carbons (Fsp3) is 0.350. The number of nitrogens with one attached hydrogen (secondary N) is 2. The lowest BCUT2D eigenvalue weighted by Crippen LogP contribution is -2.32. The van der Waals surface area contributed by atoms with Gasteiger partial charge in [-0.2, -0.15) is 0 Å². The Kier molecular flexibility index (Phi) is 7.05. The van der Waals surface area contributed by atoms with Crippen LogP contribution in [0.25, 0.3) is 0 Å². The monoisotopic (exact) mass is 456 g/mol. The maximum atomic E-state index is 12.5. The molecule has 0 heterocycles. The van der Waals surface area contributed by atoms with E-state index in [-0.39, 0.29) is 34.2 Å². The molecule has 0 atom stereocenters. The Hall–Kier alpha value is -1.80. The first-order chi connectivity index (χ1) is 13.8. The molecule has 29 heavy (non-hydrogen) atoms. The van der Waals surface area contributed by atoms with E-state index >= 15 is 0 Å². The van der Waals surface area contributed by atoms with E-state index in [1.807, 2.05) is 0 Å². The summed E-state index contributed by atoms with van der Waals surface area (Å²) in [5.41, 5.74) is 1.35. The van der Waals surface area contributed by atoms with Gasteiger partial charge in [-0.15, -0.1) is 0 Å². The van der Waals surface area contributed by atoms with Crippen molar-refractivity contribution in [3.05, 3.63) is 52.0 Å². The van der Waals surface area contributed by atoms with Gasteiger partial charge < -0.3 is 10.1 Å². The number of carbonyl (C=O) groups is 1. The Labute approximate surface area is 180 Å². The van der Waals surface area contributed by atoms with Crippen LogP contribution in [0.4, 0.5) is 5.69 Å². The molecule has 1 aliphatic rings. The van der Waals surface area contributed by atoms with Crippen LogP contribution < -0.4 is 14.8 Å². The highest BCUT2D eigenvalue weighted by molar-refractivity contribution is 7.89. The van der Waals surface area contributed by atoms with Crippen LogP contribution in [-0.2, 0) is 14.8 Å². The Bertz CT molecular complexity index is 1010. The quantitative estimate of drug-likeness (QED) is 0.640. The van der Waals surface area contributed by atoms with E-state index in [0.29, 0.717) is 10.7 Å². The summed E-state index contributed by atoms with van der Waals surface area (Å²) in [6.45, 7) is 1.52. The molecule has 2 aromatic rings. The molecular formula is C20H22Cl2N2O4S. The molecule has 6 nitrogen and oxygen atoms in total. The molecule has 2 N–H and O–H groups in total. The Balaban J connectivity index is 1.61. The molecule has 2 aromatic carbocycles. The molecule has 0 aliphatic heterocycles. The van der Waals surface area contributed by atoms with Crippen LogP contribution in [0.3, 0.4) is 0 Å². The van der Waals surface area contributed by atoms with Gasteiger partial charge in [0.2, 0.25) is 10.0 Å². The lowest BCUT2D eigenvalue weighted by Gasteiger charge is -2.14. The third kappa shape index (κ3) is 5.63. The number of anilines is 1. The van der Waals surface area contributed by atoms with Crippen molar-refractivity contribution in [3.63, 3.8) is 0 Å². The number of halogens is 2. The van der Waals surface area contributed by atoms with Gasteiger partial charge >= 0.3 is 0 Å². The van der Waals surface area contributed by atoms with Crippen LogP contribution in [0.5, 0.6) is 5.75 Å². The summed E-state index contributed by atoms with van der Waals surface area (Å²) < 4.78 is 33.1. The molecule has 1 fully saturated rings. The summed E-state index contributed by atoms with van der Waals surface area (Å²) in [4.78, 5) is 12.2. The van der Waals surface area contributed by atoms with Gasteiger partial charge in [-0.1, -0.05) is 42.1 Å². The highest BCUT2D eigenvalue weighted by Gasteiger charge is 2.23. The van der Waals surface area contributed by atoms with E-state index in [1.54, 1.807) is 25.1 Å². The Morgan fingerprint density at radius 1 is 1.14 bits per heavy atom. The molecular weight excluding hydrogens is 435 g/mol. The summed E-state index contributed by atoms with van der Waals surface area (Å²) in [7, 11) is -3.65. The SMILES string of the molecule is Cc1c(Cl)cccc1NC(=O)COc1ccc(S(=O)(=O)NC2CCCC2)cc1Cl. The molecule has 0 radical (unpaired) electrons. The fourth-order valence-electron chi connectivity index (χ4n) is 3.17. The van der Waals surface area contributed by atoms with E-state index in [1.165, 1.54) is 18.2 Å². The summed E-state index contributed by atoms with van der Waals surface area (Å²) in [5, 5.41) is 3.39. The predicted octanol–water partition coefficient (Wildman–Crippen LogP) is 4.54. The summed E-state index contributed by atoms with van der Waals surface area (Å²) in [6.07, 6.45) is 3.74. The maximum Gasteiger partial charge on any atom is 0.262 e. The van der Waals surface area contributed by atoms with Gasteiger partial charge in [0.25, 0.3) is 5.91 Å². The van der Waals surface area contributed by atoms with Gasteiger partial charge in [0.15, 0.2) is 6.61 Å². The van der Waals surface area contributed by atoms with Crippen molar-refractivity contribution in [2.24, 2.45) is 0 Å². The van der Waals surface area contributed by atoms with Crippen molar-refractivity contribution in [1.29, 1.82) is 0 Å². The molecule has 0 bridgehead atoms. The number of ether oxygens (including phenoxy) is 1. The smallest absolute Gasteiger partial charge is 0.262 e. The van der Waals surface area contributed by atoms with Gasteiger partial charge in [0.1, 0.15) is 5.75 Å². The predicted molar refractivity (Wildman–Crippen MR) is 114 cm³/mol. The zero-order valence-electron chi connectivity index (χ0n) is 15.9. The minimum Gasteiger partial charge on any atom is -0.482 e. The van der Waals surface area contributed by atoms with Crippen LogP contribution >= 0.6 is 23.2 Å². The van der Waals surface area contributed by atoms with E-state index in [2.05, 4.69) is 10.0 Å². The maximum absolute atomic E-state index is 12.5. The molecule has 3 rings (SSSR count). The Morgan fingerprint density at radius 2 is 1.86 bits per heavy atom. The van der Waals surface area contributed by atoms with Crippen molar-refractivity contribution >= 4 is 44.8 Å². The summed E-state index contributed by atoms with van der Waals surface area (Å²) in [6, 6.07) is 9.37. The molecule has 9 heteroatoms. The van der Waals surface area contributed by atoms with Crippen LogP contribution in [0.1, 0.15) is 31.2 Å². The molecule has 1 amide bonds. The number of hydrogen-bond donors (Lipinski definition) is 2. The third-order valence-corrected chi connectivity index (χ3v) is 7.01. The molecule has 1 aliphatic carbocycles. The zero-order valence-corrected chi connectivity index (χ0v) is 18.2. The average Bonchev–Trinajstić information content (AvgIpc) is 3.16. The zero-order chi connectivity index (χ0) is 21.0. The van der Waals surface area contributed by atoms with E-state index in [0.717, 1.165) is 31.2 Å². The van der Waals surface area contributed by atoms with Crippen LogP contribution in [-0.4, -0.2) is 27.0 Å². The van der Waals surface area contributed by atoms with Gasteiger partial charge in [0, 0.05) is 16.8 Å². The highest BCUT2D eigenvalue weighted by Crippen LogP contribution is 2.29. The molecule has 0 aromatic heterocycles. The average molecular weight is 457 g/mol. The lowest BCUT2D eigenvalue weighted by molar-refractivity contribution is -0.118. The molecule has 0 spiro atoms. The van der Waals surface area contributed by atoms with Crippen LogP contribution in [0, 0.1) is 6.92 Å². The number of sulfonamides is 1. The largest absolute Gasteiger partial charge is 0.482 e. The first-order valence-electron chi connectivity index (χ1n) is 9.26. The molecule has 156 valence electrons. The summed E-state index contributed by atoms with van der Waals surface area (Å²) in [5.74, 6) is -0.157. The first-order valence-corrected chi connectivity index (χ1v) is 11.5. The third-order valence-electron chi connectivity index (χ3n) is 4.79. The minimum absolute atomic E-state index is 0.0339. The van der Waals surface area contributed by atoms with E-state index < -0.39 is 10.0 Å². The Morgan fingerprint density at radius 3 is 2.55 bits per heavy atom. The number of rotatable bonds is 7. The normalized spacial score (nSPS) is 14.7. The van der Waals surface area contributed by atoms with Gasteiger partial charge in [-0.05, 0) is 55.7 Å². The summed E-state index contributed by atoms with van der Waals surface area (Å²) >= 11 is 12.2. The lowest BCUT2D eigenvalue weighted by atomic mass is 10.2. The van der Waals surface area contributed by atoms with Crippen molar-refractivity contribution in [2.75, 3.05) is 11.9 Å². The standard InChI is InChI=1S/C20H22Cl2N2O4S/c1-13-16(21)7-4-8-18(13)23-20(25)12-28-19-10-9-15(11-17(19)22)29(26,27)24-14-5-2-3-6-14/h4,7-11,14,24H,2-3,5-6,12H2,1H3,(H,23,25). The second kappa shape index (κ2) is 9.34. The minimum atomic E-state index is -3.65. The topological polar surface area (TPSA) is 84.5 Å². The van der Waals surface area contributed by atoms with Gasteiger partial charge in [-0.3, -0.25) is 4.79 Å². The highest BCUT2D eigenvalue weighted by atomic mass is 35.5. The van der Waals surface area contributed by atoms with Crippen molar-refractivity contribution in [2.45, 2.75) is 43.5 Å². The molecule has 1 saturated carbocycles. The number of amides is 1. The van der Waals surface area contributed by atoms with Gasteiger partial charge in [-0.25, -0.2) is 13.1 Å². The van der Waals surface area contributed by atoms with Crippen molar-refractivity contribution in [3.8, 4) is 5.75 Å². The fourth-order valence-corrected chi connectivity index (χ4v) is 4.97. The van der Waals surface area contributed by atoms with Crippen molar-refractivity contribution in [1.82, 2.24) is 4.72 Å². The van der Waals surface area contributed by atoms with E-state index in [9.17, 15) is 13.2 Å². The van der Waals surface area contributed by atoms with E-state index in [4.69, 9.17) is 27.9 Å². The molecule has 0 saturated heterocycles. The number of hydrogen-bond acceptors (Lipinski definition) is 4. The first kappa shape index (κ1) is 21.9. The second-order valence-electron chi connectivity index (χ2n) is 6.94. The van der Waals surface area contributed by atoms with Crippen LogP contribution in [0.2, 0.25) is 10.0 Å².